The Kier molecular flexibility index (Phi) is 7.79. The van der Waals surface area contributed by atoms with E-state index >= 15 is 0 Å². The number of unbranched alkanes of at least 4 members (excludes halogenated alkanes) is 2. The summed E-state index contributed by atoms with van der Waals surface area (Å²) >= 11 is 6.63. The van der Waals surface area contributed by atoms with Crippen molar-refractivity contribution in [3.63, 3.8) is 0 Å². The van der Waals surface area contributed by atoms with E-state index in [0.717, 1.165) is 12.8 Å². The Morgan fingerprint density at radius 1 is 1.30 bits per heavy atom. The van der Waals surface area contributed by atoms with Crippen molar-refractivity contribution < 1.29 is 19.1 Å². The maximum Gasteiger partial charge on any atom is 0.241 e. The highest BCUT2D eigenvalue weighted by Gasteiger charge is 2.32. The molecule has 1 atom stereocenters. The number of benzene rings is 1. The van der Waals surface area contributed by atoms with Crippen molar-refractivity contribution >= 4 is 51.6 Å². The number of thioether (sulfide) groups is 1. The highest BCUT2D eigenvalue weighted by molar-refractivity contribution is 8.24. The summed E-state index contributed by atoms with van der Waals surface area (Å²) in [6, 6.07) is 4.96. The van der Waals surface area contributed by atoms with Gasteiger partial charge in [0.1, 0.15) is 10.1 Å². The van der Waals surface area contributed by atoms with Gasteiger partial charge in [0.05, 0.1) is 18.0 Å². The first-order valence-electron chi connectivity index (χ1n) is 8.84. The molecule has 0 aromatic heterocycles. The fourth-order valence-corrected chi connectivity index (χ4v) is 4.20. The van der Waals surface area contributed by atoms with Gasteiger partial charge >= 0.3 is 0 Å². The normalized spacial score (nSPS) is 16.6. The number of nitrogens with one attached hydrogen (secondary N) is 1. The lowest BCUT2D eigenvalue weighted by molar-refractivity contribution is -0.125. The van der Waals surface area contributed by atoms with Crippen LogP contribution in [0.25, 0.3) is 0 Å². The number of anilines is 1. The van der Waals surface area contributed by atoms with Crippen LogP contribution in [-0.4, -0.2) is 45.7 Å². The van der Waals surface area contributed by atoms with E-state index in [1.165, 1.54) is 25.8 Å². The van der Waals surface area contributed by atoms with Crippen molar-refractivity contribution in [3.8, 4) is 5.75 Å². The first-order valence-corrected chi connectivity index (χ1v) is 10.1. The summed E-state index contributed by atoms with van der Waals surface area (Å²) in [5.74, 6) is 0.377. The minimum atomic E-state index is -0.133. The topological polar surface area (TPSA) is 75.7 Å². The van der Waals surface area contributed by atoms with Gasteiger partial charge in [0.25, 0.3) is 0 Å². The number of rotatable bonds is 9. The van der Waals surface area contributed by atoms with Crippen molar-refractivity contribution in [2.75, 3.05) is 19.0 Å². The van der Waals surface area contributed by atoms with Gasteiger partial charge in [-0.25, -0.2) is 0 Å². The summed E-state index contributed by atoms with van der Waals surface area (Å²) in [6.07, 6.45) is 2.69. The van der Waals surface area contributed by atoms with E-state index in [1.807, 2.05) is 6.92 Å². The molecule has 1 saturated heterocycles. The molecule has 8 heteroatoms. The van der Waals surface area contributed by atoms with Gasteiger partial charge < -0.3 is 10.1 Å². The van der Waals surface area contributed by atoms with Crippen molar-refractivity contribution in [2.45, 2.75) is 44.8 Å². The van der Waals surface area contributed by atoms with Crippen molar-refractivity contribution in [1.29, 1.82) is 0 Å². The van der Waals surface area contributed by atoms with Gasteiger partial charge in [-0.3, -0.25) is 19.3 Å². The molecule has 2 rings (SSSR count). The first kappa shape index (κ1) is 21.4. The lowest BCUT2D eigenvalue weighted by atomic mass is 10.1. The zero-order valence-electron chi connectivity index (χ0n) is 15.7. The minimum absolute atomic E-state index is 0.0696. The number of carbonyl (C=O) groups excluding carboxylic acids is 3. The van der Waals surface area contributed by atoms with E-state index < -0.39 is 0 Å². The summed E-state index contributed by atoms with van der Waals surface area (Å²) in [5, 5.41) is 2.71. The lowest BCUT2D eigenvalue weighted by Gasteiger charge is -2.15. The zero-order valence-corrected chi connectivity index (χ0v) is 17.4. The van der Waals surface area contributed by atoms with E-state index in [2.05, 4.69) is 5.32 Å². The number of Topliss-reactive ketones (excluding diaryl/α,β-unsaturated/α-hetero) is 1. The SMILES string of the molecule is COc1ccc(C(C)=O)cc1NC(=O)CCCCCN1C(=O)C(C)SC1=S. The van der Waals surface area contributed by atoms with E-state index in [-0.39, 0.29) is 22.8 Å². The van der Waals surface area contributed by atoms with E-state index in [9.17, 15) is 14.4 Å². The monoisotopic (exact) mass is 408 g/mol. The van der Waals surface area contributed by atoms with Crippen LogP contribution in [0.1, 0.15) is 49.9 Å². The summed E-state index contributed by atoms with van der Waals surface area (Å²) in [4.78, 5) is 37.3. The Hall–Kier alpha value is -1.93. The van der Waals surface area contributed by atoms with Crippen LogP contribution < -0.4 is 10.1 Å². The van der Waals surface area contributed by atoms with Crippen molar-refractivity contribution in [1.82, 2.24) is 4.90 Å². The molecular weight excluding hydrogens is 384 g/mol. The number of carbonyl (C=O) groups is 3. The molecule has 0 aliphatic carbocycles. The molecule has 27 heavy (non-hydrogen) atoms. The van der Waals surface area contributed by atoms with Gasteiger partial charge in [-0.05, 0) is 44.9 Å². The number of amides is 2. The van der Waals surface area contributed by atoms with Crippen LogP contribution in [0, 0.1) is 0 Å². The molecule has 1 N–H and O–H groups in total. The average Bonchev–Trinajstić information content (AvgIpc) is 2.87. The highest BCUT2D eigenvalue weighted by atomic mass is 32.2. The Morgan fingerprint density at radius 2 is 2.04 bits per heavy atom. The van der Waals surface area contributed by atoms with E-state index in [4.69, 9.17) is 17.0 Å². The number of thiocarbonyl (C=S) groups is 1. The second-order valence-electron chi connectivity index (χ2n) is 6.35. The van der Waals surface area contributed by atoms with Gasteiger partial charge in [0, 0.05) is 18.5 Å². The average molecular weight is 409 g/mol. The van der Waals surface area contributed by atoms with Crippen LogP contribution in [0.15, 0.2) is 18.2 Å². The second kappa shape index (κ2) is 9.85. The first-order chi connectivity index (χ1) is 12.8. The smallest absolute Gasteiger partial charge is 0.241 e. The van der Waals surface area contributed by atoms with Crippen LogP contribution in [-0.2, 0) is 9.59 Å². The van der Waals surface area contributed by atoms with Crippen LogP contribution in [0.4, 0.5) is 5.69 Å². The van der Waals surface area contributed by atoms with Gasteiger partial charge in [-0.2, -0.15) is 0 Å². The number of hydrogen-bond donors (Lipinski definition) is 1. The van der Waals surface area contributed by atoms with E-state index in [0.29, 0.717) is 40.7 Å². The molecule has 0 radical (unpaired) electrons. The zero-order chi connectivity index (χ0) is 20.0. The highest BCUT2D eigenvalue weighted by Crippen LogP contribution is 2.27. The van der Waals surface area contributed by atoms with Gasteiger partial charge in [0.15, 0.2) is 5.78 Å². The summed E-state index contributed by atoms with van der Waals surface area (Å²) in [7, 11) is 1.52. The van der Waals surface area contributed by atoms with Gasteiger partial charge in [-0.1, -0.05) is 30.4 Å². The Labute approximate surface area is 169 Å². The molecule has 6 nitrogen and oxygen atoms in total. The quantitative estimate of drug-likeness (QED) is 0.382. The maximum absolute atomic E-state index is 12.2. The maximum atomic E-state index is 12.2. The third-order valence-electron chi connectivity index (χ3n) is 4.28. The molecule has 1 aromatic rings. The van der Waals surface area contributed by atoms with Crippen molar-refractivity contribution in [3.05, 3.63) is 23.8 Å². The molecule has 0 saturated carbocycles. The molecule has 146 valence electrons. The van der Waals surface area contributed by atoms with Gasteiger partial charge in [-0.15, -0.1) is 0 Å². The largest absolute Gasteiger partial charge is 0.495 e. The Bertz CT molecular complexity index is 751. The lowest BCUT2D eigenvalue weighted by Crippen LogP contribution is -2.31. The number of nitrogens with zero attached hydrogens (tertiary/aromatic N) is 1. The predicted molar refractivity (Wildman–Crippen MR) is 111 cm³/mol. The molecule has 1 unspecified atom stereocenters. The molecule has 0 spiro atoms. The second-order valence-corrected chi connectivity index (χ2v) is 8.32. The van der Waals surface area contributed by atoms with Crippen LogP contribution in [0.3, 0.4) is 0 Å². The van der Waals surface area contributed by atoms with Crippen LogP contribution in [0.2, 0.25) is 0 Å². The molecule has 0 bridgehead atoms. The summed E-state index contributed by atoms with van der Waals surface area (Å²) < 4.78 is 5.87. The fraction of sp³-hybridized carbons (Fsp3) is 0.474. The third kappa shape index (κ3) is 5.77. The predicted octanol–water partition coefficient (Wildman–Crippen LogP) is 3.65. The molecule has 1 heterocycles. The van der Waals surface area contributed by atoms with Gasteiger partial charge in [0.2, 0.25) is 11.8 Å². The molecule has 2 amide bonds. The number of ketones is 1. The van der Waals surface area contributed by atoms with Crippen LogP contribution >= 0.6 is 24.0 Å². The van der Waals surface area contributed by atoms with E-state index in [1.54, 1.807) is 23.1 Å². The molecule has 1 aliphatic rings. The third-order valence-corrected chi connectivity index (χ3v) is 5.76. The molecule has 1 aliphatic heterocycles. The number of hydrogen-bond acceptors (Lipinski definition) is 6. The molecule has 1 fully saturated rings. The standard InChI is InChI=1S/C19H24N2O4S2/c1-12(22)14-8-9-16(25-3)15(11-14)20-17(23)7-5-4-6-10-21-18(24)13(2)27-19(21)26/h8-9,11,13H,4-7,10H2,1-3H3,(H,20,23). The summed E-state index contributed by atoms with van der Waals surface area (Å²) in [5.41, 5.74) is 1.01. The number of methoxy groups -OCH3 is 1. The molecule has 1 aromatic carbocycles. The fourth-order valence-electron chi connectivity index (χ4n) is 2.75. The minimum Gasteiger partial charge on any atom is -0.495 e. The van der Waals surface area contributed by atoms with Crippen LogP contribution in [0.5, 0.6) is 5.75 Å². The summed E-state index contributed by atoms with van der Waals surface area (Å²) in [6.45, 7) is 3.94. The molecular formula is C19H24N2O4S2. The Balaban J connectivity index is 1.77. The van der Waals surface area contributed by atoms with Crippen molar-refractivity contribution in [2.24, 2.45) is 0 Å². The number of ether oxygens (including phenoxy) is 1. The Morgan fingerprint density at radius 3 is 2.63 bits per heavy atom.